The maximum Gasteiger partial charge on any atom is 0.170 e. The molecule has 0 radical (unpaired) electrons. The molecule has 1 nitrogen and oxygen atoms in total. The van der Waals surface area contributed by atoms with Crippen LogP contribution in [0.1, 0.15) is 15.9 Å². The van der Waals surface area contributed by atoms with Crippen LogP contribution >= 0.6 is 11.6 Å². The van der Waals surface area contributed by atoms with E-state index in [9.17, 15) is 18.0 Å². The molecule has 2 aromatic carbocycles. The molecule has 5 heteroatoms. The Hall–Kier alpha value is -1.81. The minimum absolute atomic E-state index is 0.187. The van der Waals surface area contributed by atoms with Crippen LogP contribution in [0.15, 0.2) is 36.4 Å². The van der Waals surface area contributed by atoms with Gasteiger partial charge in [-0.25, -0.2) is 13.2 Å². The third kappa shape index (κ3) is 2.79. The SMILES string of the molecule is O=C(Cc1cccc(F)c1Cl)c1cccc(F)c1F. The third-order valence-corrected chi connectivity index (χ3v) is 3.06. The van der Waals surface area contributed by atoms with E-state index >= 15 is 0 Å². The number of carbonyl (C=O) groups excluding carboxylic acids is 1. The van der Waals surface area contributed by atoms with Crippen LogP contribution in [-0.4, -0.2) is 5.78 Å². The molecule has 2 aromatic rings. The molecule has 0 aliphatic carbocycles. The van der Waals surface area contributed by atoms with E-state index in [1.54, 1.807) is 0 Å². The quantitative estimate of drug-likeness (QED) is 0.773. The first-order valence-electron chi connectivity index (χ1n) is 5.41. The van der Waals surface area contributed by atoms with Gasteiger partial charge in [-0.15, -0.1) is 0 Å². The first kappa shape index (κ1) is 13.6. The van der Waals surface area contributed by atoms with Gasteiger partial charge in [0.25, 0.3) is 0 Å². The highest BCUT2D eigenvalue weighted by molar-refractivity contribution is 6.31. The summed E-state index contributed by atoms with van der Waals surface area (Å²) in [4.78, 5) is 11.9. The van der Waals surface area contributed by atoms with E-state index in [1.807, 2.05) is 0 Å². The monoisotopic (exact) mass is 284 g/mol. The third-order valence-electron chi connectivity index (χ3n) is 2.63. The number of halogens is 4. The van der Waals surface area contributed by atoms with Crippen LogP contribution in [0.5, 0.6) is 0 Å². The normalized spacial score (nSPS) is 10.5. The standard InChI is InChI=1S/C14H8ClF3O/c15-13-8(3-1-5-10(13)16)7-12(19)9-4-2-6-11(17)14(9)18/h1-6H,7H2. The van der Waals surface area contributed by atoms with Crippen LogP contribution in [0.3, 0.4) is 0 Å². The summed E-state index contributed by atoms with van der Waals surface area (Å²) in [7, 11) is 0. The van der Waals surface area contributed by atoms with Crippen LogP contribution in [0.4, 0.5) is 13.2 Å². The first-order valence-corrected chi connectivity index (χ1v) is 5.78. The summed E-state index contributed by atoms with van der Waals surface area (Å²) in [6.45, 7) is 0. The number of Topliss-reactive ketones (excluding diaryl/α,β-unsaturated/α-hetero) is 1. The van der Waals surface area contributed by atoms with E-state index in [2.05, 4.69) is 0 Å². The summed E-state index contributed by atoms with van der Waals surface area (Å²) < 4.78 is 39.6. The predicted molar refractivity (Wildman–Crippen MR) is 65.8 cm³/mol. The first-order chi connectivity index (χ1) is 9.00. The number of hydrogen-bond donors (Lipinski definition) is 0. The van der Waals surface area contributed by atoms with Gasteiger partial charge in [0.05, 0.1) is 10.6 Å². The lowest BCUT2D eigenvalue weighted by Gasteiger charge is -2.06. The van der Waals surface area contributed by atoms with E-state index in [-0.39, 0.29) is 22.6 Å². The highest BCUT2D eigenvalue weighted by atomic mass is 35.5. The zero-order valence-electron chi connectivity index (χ0n) is 9.59. The van der Waals surface area contributed by atoms with Crippen molar-refractivity contribution in [2.45, 2.75) is 6.42 Å². The lowest BCUT2D eigenvalue weighted by Crippen LogP contribution is -2.08. The van der Waals surface area contributed by atoms with Gasteiger partial charge >= 0.3 is 0 Å². The second kappa shape index (κ2) is 5.45. The molecule has 0 saturated heterocycles. The Morgan fingerprint density at radius 2 is 1.63 bits per heavy atom. The Balaban J connectivity index is 2.31. The van der Waals surface area contributed by atoms with Gasteiger partial charge in [0.1, 0.15) is 5.82 Å². The van der Waals surface area contributed by atoms with Crippen LogP contribution in [0.2, 0.25) is 5.02 Å². The topological polar surface area (TPSA) is 17.1 Å². The molecular weight excluding hydrogens is 277 g/mol. The van der Waals surface area contributed by atoms with Crippen molar-refractivity contribution in [2.75, 3.05) is 0 Å². The lowest BCUT2D eigenvalue weighted by atomic mass is 10.0. The molecule has 98 valence electrons. The highest BCUT2D eigenvalue weighted by Crippen LogP contribution is 2.22. The van der Waals surface area contributed by atoms with Crippen LogP contribution in [0, 0.1) is 17.5 Å². The Bertz CT molecular complexity index is 641. The van der Waals surface area contributed by atoms with Gasteiger partial charge in [-0.1, -0.05) is 29.8 Å². The van der Waals surface area contributed by atoms with Crippen molar-refractivity contribution >= 4 is 17.4 Å². The van der Waals surface area contributed by atoms with Crippen molar-refractivity contribution in [3.05, 3.63) is 70.0 Å². The minimum atomic E-state index is -1.21. The molecule has 2 rings (SSSR count). The van der Waals surface area contributed by atoms with Gasteiger partial charge in [0, 0.05) is 6.42 Å². The molecule has 0 aromatic heterocycles. The molecule has 0 heterocycles. The fraction of sp³-hybridized carbons (Fsp3) is 0.0714. The zero-order valence-corrected chi connectivity index (χ0v) is 10.3. The van der Waals surface area contributed by atoms with E-state index in [4.69, 9.17) is 11.6 Å². The van der Waals surface area contributed by atoms with Gasteiger partial charge < -0.3 is 0 Å². The zero-order chi connectivity index (χ0) is 14.0. The molecule has 0 unspecified atom stereocenters. The lowest BCUT2D eigenvalue weighted by molar-refractivity contribution is 0.0988. The van der Waals surface area contributed by atoms with Gasteiger partial charge in [-0.3, -0.25) is 4.79 Å². The molecule has 0 amide bonds. The van der Waals surface area contributed by atoms with Crippen molar-refractivity contribution < 1.29 is 18.0 Å². The summed E-state index contributed by atoms with van der Waals surface area (Å²) >= 11 is 5.70. The number of benzene rings is 2. The highest BCUT2D eigenvalue weighted by Gasteiger charge is 2.17. The summed E-state index contributed by atoms with van der Waals surface area (Å²) in [5.41, 5.74) is -0.143. The van der Waals surface area contributed by atoms with E-state index in [0.29, 0.717) is 0 Å². The van der Waals surface area contributed by atoms with E-state index in [0.717, 1.165) is 12.1 Å². The maximum atomic E-state index is 13.4. The molecule has 0 aliphatic rings. The number of rotatable bonds is 3. The predicted octanol–water partition coefficient (Wildman–Crippen LogP) is 4.18. The van der Waals surface area contributed by atoms with Gasteiger partial charge in [-0.05, 0) is 23.8 Å². The molecule has 0 N–H and O–H groups in total. The smallest absolute Gasteiger partial charge is 0.170 e. The Labute approximate surface area is 112 Å². The molecule has 19 heavy (non-hydrogen) atoms. The minimum Gasteiger partial charge on any atom is -0.294 e. The Kier molecular flexibility index (Phi) is 3.90. The van der Waals surface area contributed by atoms with Crippen molar-refractivity contribution in [3.8, 4) is 0 Å². The molecular formula is C14H8ClF3O. The Morgan fingerprint density at radius 3 is 2.37 bits per heavy atom. The average Bonchev–Trinajstić information content (AvgIpc) is 2.38. The molecule has 0 saturated carbocycles. The Morgan fingerprint density at radius 1 is 1.00 bits per heavy atom. The summed E-state index contributed by atoms with van der Waals surface area (Å²) in [5, 5.41) is -0.187. The van der Waals surface area contributed by atoms with Crippen LogP contribution in [-0.2, 0) is 6.42 Å². The van der Waals surface area contributed by atoms with Gasteiger partial charge in [0.2, 0.25) is 0 Å². The summed E-state index contributed by atoms with van der Waals surface area (Å²) in [6, 6.07) is 7.33. The van der Waals surface area contributed by atoms with Gasteiger partial charge in [0.15, 0.2) is 17.4 Å². The van der Waals surface area contributed by atoms with E-state index in [1.165, 1.54) is 24.3 Å². The molecule has 0 spiro atoms. The van der Waals surface area contributed by atoms with Crippen molar-refractivity contribution in [3.63, 3.8) is 0 Å². The largest absolute Gasteiger partial charge is 0.294 e. The fourth-order valence-electron chi connectivity index (χ4n) is 1.67. The molecule has 0 fully saturated rings. The number of ketones is 1. The van der Waals surface area contributed by atoms with Crippen molar-refractivity contribution in [1.82, 2.24) is 0 Å². The average molecular weight is 285 g/mol. The maximum absolute atomic E-state index is 13.4. The molecule has 0 atom stereocenters. The van der Waals surface area contributed by atoms with Crippen LogP contribution < -0.4 is 0 Å². The summed E-state index contributed by atoms with van der Waals surface area (Å²) in [5.74, 6) is -3.63. The van der Waals surface area contributed by atoms with Crippen molar-refractivity contribution in [2.24, 2.45) is 0 Å². The van der Waals surface area contributed by atoms with Crippen molar-refractivity contribution in [1.29, 1.82) is 0 Å². The second-order valence-electron chi connectivity index (χ2n) is 3.91. The fourth-order valence-corrected chi connectivity index (χ4v) is 1.87. The van der Waals surface area contributed by atoms with Gasteiger partial charge in [-0.2, -0.15) is 0 Å². The molecule has 0 aliphatic heterocycles. The number of carbonyl (C=O) groups is 1. The van der Waals surface area contributed by atoms with E-state index < -0.39 is 23.2 Å². The van der Waals surface area contributed by atoms with Crippen LogP contribution in [0.25, 0.3) is 0 Å². The second-order valence-corrected chi connectivity index (χ2v) is 4.29. The molecule has 0 bridgehead atoms. The summed E-state index contributed by atoms with van der Waals surface area (Å²) in [6.07, 6.45) is -0.295. The number of hydrogen-bond acceptors (Lipinski definition) is 1.